The Hall–Kier alpha value is -1.66. The summed E-state index contributed by atoms with van der Waals surface area (Å²) in [5.41, 5.74) is 6.75. The Labute approximate surface area is 117 Å². The fraction of sp³-hybridized carbons (Fsp3) is 0. The molecule has 0 aliphatic rings. The lowest BCUT2D eigenvalue weighted by molar-refractivity contribution is 0.102. The van der Waals surface area contributed by atoms with Gasteiger partial charge in [0.15, 0.2) is 0 Å². The first-order chi connectivity index (χ1) is 8.58. The first kappa shape index (κ1) is 12.8. The van der Waals surface area contributed by atoms with E-state index >= 15 is 0 Å². The molecular weight excluding hydrogens is 320 g/mol. The molecule has 2 aromatic heterocycles. The molecule has 0 aliphatic carbocycles. The molecule has 2 rings (SSSR count). The van der Waals surface area contributed by atoms with Crippen LogP contribution in [0.2, 0.25) is 5.15 Å². The molecule has 2 heterocycles. The van der Waals surface area contributed by atoms with Gasteiger partial charge in [-0.3, -0.25) is 4.79 Å². The Balaban J connectivity index is 2.28. The molecule has 7 heteroatoms. The second kappa shape index (κ2) is 5.32. The average Bonchev–Trinajstić information content (AvgIpc) is 2.35. The zero-order chi connectivity index (χ0) is 13.1. The maximum absolute atomic E-state index is 12.0. The van der Waals surface area contributed by atoms with E-state index in [1.165, 1.54) is 12.3 Å². The number of nitrogens with zero attached hydrogens (tertiary/aromatic N) is 2. The number of nitrogen functional groups attached to an aromatic ring is 1. The van der Waals surface area contributed by atoms with Crippen molar-refractivity contribution in [2.75, 3.05) is 11.1 Å². The summed E-state index contributed by atoms with van der Waals surface area (Å²) in [6.45, 7) is 0. The van der Waals surface area contributed by atoms with Gasteiger partial charge in [-0.1, -0.05) is 11.6 Å². The Bertz CT molecular complexity index is 605. The highest BCUT2D eigenvalue weighted by Crippen LogP contribution is 2.21. The summed E-state index contributed by atoms with van der Waals surface area (Å²) < 4.78 is 0.539. The number of nitrogens with one attached hydrogen (secondary N) is 1. The van der Waals surface area contributed by atoms with E-state index in [1.54, 1.807) is 18.3 Å². The number of hydrogen-bond donors (Lipinski definition) is 2. The lowest BCUT2D eigenvalue weighted by Crippen LogP contribution is -2.14. The van der Waals surface area contributed by atoms with Crippen molar-refractivity contribution >= 4 is 44.8 Å². The van der Waals surface area contributed by atoms with Crippen LogP contribution in [0.1, 0.15) is 10.4 Å². The molecule has 0 aromatic carbocycles. The molecule has 18 heavy (non-hydrogen) atoms. The summed E-state index contributed by atoms with van der Waals surface area (Å²) in [7, 11) is 0. The summed E-state index contributed by atoms with van der Waals surface area (Å²) >= 11 is 8.96. The van der Waals surface area contributed by atoms with Gasteiger partial charge in [-0.05, 0) is 34.1 Å². The van der Waals surface area contributed by atoms with E-state index < -0.39 is 0 Å². The van der Waals surface area contributed by atoms with Gasteiger partial charge in [0.2, 0.25) is 0 Å². The van der Waals surface area contributed by atoms with Gasteiger partial charge in [-0.2, -0.15) is 0 Å². The van der Waals surface area contributed by atoms with Crippen LogP contribution in [0.5, 0.6) is 0 Å². The van der Waals surface area contributed by atoms with Gasteiger partial charge in [-0.25, -0.2) is 9.97 Å². The third-order valence-electron chi connectivity index (χ3n) is 2.15. The Morgan fingerprint density at radius 2 is 2.22 bits per heavy atom. The molecule has 3 N–H and O–H groups in total. The molecular formula is C11H8BrClN4O. The number of anilines is 2. The van der Waals surface area contributed by atoms with Crippen LogP contribution in [0, 0.1) is 0 Å². The van der Waals surface area contributed by atoms with Crippen LogP contribution >= 0.6 is 27.5 Å². The van der Waals surface area contributed by atoms with Crippen LogP contribution in [-0.2, 0) is 0 Å². The van der Waals surface area contributed by atoms with Crippen molar-refractivity contribution < 1.29 is 4.79 Å². The number of pyridine rings is 2. The summed E-state index contributed by atoms with van der Waals surface area (Å²) in [5, 5.41) is 2.89. The van der Waals surface area contributed by atoms with Crippen LogP contribution < -0.4 is 11.1 Å². The fourth-order valence-corrected chi connectivity index (χ4v) is 1.81. The maximum Gasteiger partial charge on any atom is 0.257 e. The topological polar surface area (TPSA) is 80.9 Å². The smallest absolute Gasteiger partial charge is 0.257 e. The van der Waals surface area contributed by atoms with Crippen LogP contribution in [0.4, 0.5) is 11.4 Å². The largest absolute Gasteiger partial charge is 0.397 e. The Morgan fingerprint density at radius 3 is 2.94 bits per heavy atom. The van der Waals surface area contributed by atoms with E-state index in [0.29, 0.717) is 10.3 Å². The van der Waals surface area contributed by atoms with Gasteiger partial charge in [0.25, 0.3) is 5.91 Å². The van der Waals surface area contributed by atoms with Crippen molar-refractivity contribution in [1.29, 1.82) is 0 Å². The van der Waals surface area contributed by atoms with E-state index in [-0.39, 0.29) is 22.3 Å². The van der Waals surface area contributed by atoms with Gasteiger partial charge in [-0.15, -0.1) is 0 Å². The fourth-order valence-electron chi connectivity index (χ4n) is 1.31. The van der Waals surface area contributed by atoms with Crippen molar-refractivity contribution in [1.82, 2.24) is 9.97 Å². The predicted molar refractivity (Wildman–Crippen MR) is 73.5 cm³/mol. The lowest BCUT2D eigenvalue weighted by atomic mass is 10.2. The number of halogens is 2. The highest BCUT2D eigenvalue weighted by molar-refractivity contribution is 9.10. The number of aromatic nitrogens is 2. The highest BCUT2D eigenvalue weighted by Gasteiger charge is 2.12. The monoisotopic (exact) mass is 326 g/mol. The zero-order valence-electron chi connectivity index (χ0n) is 9.02. The van der Waals surface area contributed by atoms with Gasteiger partial charge in [0, 0.05) is 6.20 Å². The molecule has 1 amide bonds. The number of hydrogen-bond acceptors (Lipinski definition) is 4. The Kier molecular flexibility index (Phi) is 3.78. The third kappa shape index (κ3) is 2.77. The van der Waals surface area contributed by atoms with E-state index in [2.05, 4.69) is 31.2 Å². The van der Waals surface area contributed by atoms with Crippen molar-refractivity contribution in [3.05, 3.63) is 45.9 Å². The SMILES string of the molecule is Nc1cnc(Cl)cc1C(=O)Nc1cccnc1Br. The first-order valence-electron chi connectivity index (χ1n) is 4.91. The molecule has 0 atom stereocenters. The molecule has 0 saturated carbocycles. The highest BCUT2D eigenvalue weighted by atomic mass is 79.9. The number of nitrogens with two attached hydrogens (primary N) is 1. The van der Waals surface area contributed by atoms with Crippen molar-refractivity contribution in [3.8, 4) is 0 Å². The van der Waals surface area contributed by atoms with Crippen LogP contribution in [-0.4, -0.2) is 15.9 Å². The number of carbonyl (C=O) groups excluding carboxylic acids is 1. The second-order valence-corrected chi connectivity index (χ2v) is 4.53. The normalized spacial score (nSPS) is 10.1. The summed E-state index contributed by atoms with van der Waals surface area (Å²) in [4.78, 5) is 19.8. The summed E-state index contributed by atoms with van der Waals surface area (Å²) in [6.07, 6.45) is 2.95. The predicted octanol–water partition coefficient (Wildman–Crippen LogP) is 2.73. The van der Waals surface area contributed by atoms with Gasteiger partial charge in [0.05, 0.1) is 23.1 Å². The lowest BCUT2D eigenvalue weighted by Gasteiger charge is -2.08. The maximum atomic E-state index is 12.0. The molecule has 0 spiro atoms. The van der Waals surface area contributed by atoms with Crippen molar-refractivity contribution in [2.24, 2.45) is 0 Å². The van der Waals surface area contributed by atoms with Crippen molar-refractivity contribution in [3.63, 3.8) is 0 Å². The van der Waals surface area contributed by atoms with E-state index in [9.17, 15) is 4.79 Å². The van der Waals surface area contributed by atoms with Gasteiger partial charge >= 0.3 is 0 Å². The number of rotatable bonds is 2. The van der Waals surface area contributed by atoms with Gasteiger partial charge < -0.3 is 11.1 Å². The number of carbonyl (C=O) groups is 1. The molecule has 0 radical (unpaired) electrons. The molecule has 0 aliphatic heterocycles. The quantitative estimate of drug-likeness (QED) is 0.831. The molecule has 92 valence electrons. The van der Waals surface area contributed by atoms with Crippen molar-refractivity contribution in [2.45, 2.75) is 0 Å². The van der Waals surface area contributed by atoms with Crippen LogP contribution in [0.3, 0.4) is 0 Å². The zero-order valence-corrected chi connectivity index (χ0v) is 11.4. The standard InChI is InChI=1S/C11H8BrClN4O/c12-10-8(2-1-3-15-10)17-11(18)6-4-9(13)16-5-7(6)14/h1-5H,14H2,(H,17,18). The minimum absolute atomic E-state index is 0.208. The summed E-state index contributed by atoms with van der Waals surface area (Å²) in [6, 6.07) is 4.84. The van der Waals surface area contributed by atoms with Gasteiger partial charge in [0.1, 0.15) is 9.76 Å². The molecule has 5 nitrogen and oxygen atoms in total. The van der Waals surface area contributed by atoms with E-state index in [1.807, 2.05) is 0 Å². The molecule has 0 saturated heterocycles. The number of amides is 1. The first-order valence-corrected chi connectivity index (χ1v) is 6.08. The molecule has 0 bridgehead atoms. The third-order valence-corrected chi connectivity index (χ3v) is 2.99. The molecule has 0 fully saturated rings. The molecule has 2 aromatic rings. The minimum Gasteiger partial charge on any atom is -0.397 e. The van der Waals surface area contributed by atoms with E-state index in [4.69, 9.17) is 17.3 Å². The average molecular weight is 328 g/mol. The Morgan fingerprint density at radius 1 is 1.44 bits per heavy atom. The minimum atomic E-state index is -0.370. The van der Waals surface area contributed by atoms with Crippen LogP contribution in [0.15, 0.2) is 35.2 Å². The second-order valence-electron chi connectivity index (χ2n) is 3.39. The van der Waals surface area contributed by atoms with E-state index in [0.717, 1.165) is 0 Å². The van der Waals surface area contributed by atoms with Crippen LogP contribution in [0.25, 0.3) is 0 Å². The summed E-state index contributed by atoms with van der Waals surface area (Å²) in [5.74, 6) is -0.370. The molecule has 0 unspecified atom stereocenters.